The number of nitrogens with one attached hydrogen (secondary N) is 1. The van der Waals surface area contributed by atoms with Crippen LogP contribution in [0.5, 0.6) is 0 Å². The normalized spacial score (nSPS) is 15.6. The zero-order chi connectivity index (χ0) is 11.7. The lowest BCUT2D eigenvalue weighted by atomic mass is 10.1. The topological polar surface area (TPSA) is 36.1 Å². The van der Waals surface area contributed by atoms with Crippen LogP contribution in [-0.2, 0) is 11.2 Å². The number of likely N-dealkylation sites (tertiary alicyclic amines) is 1. The molecule has 3 nitrogen and oxygen atoms in total. The van der Waals surface area contributed by atoms with Crippen LogP contribution in [0.2, 0.25) is 0 Å². The second kappa shape index (κ2) is 4.24. The summed E-state index contributed by atoms with van der Waals surface area (Å²) in [5.74, 6) is 0.261. The van der Waals surface area contributed by atoms with Crippen molar-refractivity contribution in [2.24, 2.45) is 0 Å². The number of fused-ring (bicyclic) bond motifs is 1. The predicted octanol–water partition coefficient (Wildman–Crippen LogP) is 2.33. The van der Waals surface area contributed by atoms with Gasteiger partial charge in [-0.05, 0) is 42.0 Å². The lowest BCUT2D eigenvalue weighted by molar-refractivity contribution is -0.129. The van der Waals surface area contributed by atoms with Gasteiger partial charge in [0.1, 0.15) is 0 Å². The Kier molecular flexibility index (Phi) is 2.59. The van der Waals surface area contributed by atoms with Crippen LogP contribution in [0.3, 0.4) is 0 Å². The molecule has 0 spiro atoms. The summed E-state index contributed by atoms with van der Waals surface area (Å²) in [7, 11) is 0. The standard InChI is InChI=1S/C14H16N2O/c17-14(16-7-1-2-8-16)10-11-3-4-13-12(9-11)5-6-15-13/h3-6,9,15H,1-2,7-8,10H2. The Morgan fingerprint density at radius 2 is 2.06 bits per heavy atom. The molecule has 1 fully saturated rings. The minimum absolute atomic E-state index is 0.261. The summed E-state index contributed by atoms with van der Waals surface area (Å²) in [6.07, 6.45) is 4.77. The van der Waals surface area contributed by atoms with Crippen LogP contribution < -0.4 is 0 Å². The van der Waals surface area contributed by atoms with Gasteiger partial charge in [0.2, 0.25) is 5.91 Å². The van der Waals surface area contributed by atoms with Crippen molar-refractivity contribution in [1.82, 2.24) is 9.88 Å². The van der Waals surface area contributed by atoms with Gasteiger partial charge in [0.25, 0.3) is 0 Å². The van der Waals surface area contributed by atoms with Gasteiger partial charge in [0.15, 0.2) is 0 Å². The van der Waals surface area contributed by atoms with Crippen molar-refractivity contribution in [3.63, 3.8) is 0 Å². The number of carbonyl (C=O) groups is 1. The molecule has 88 valence electrons. The van der Waals surface area contributed by atoms with Gasteiger partial charge in [-0.2, -0.15) is 0 Å². The number of nitrogens with zero attached hydrogens (tertiary/aromatic N) is 1. The zero-order valence-corrected chi connectivity index (χ0v) is 9.78. The molecule has 3 rings (SSSR count). The monoisotopic (exact) mass is 228 g/mol. The van der Waals surface area contributed by atoms with Crippen molar-refractivity contribution in [3.8, 4) is 0 Å². The van der Waals surface area contributed by atoms with Crippen LogP contribution in [0, 0.1) is 0 Å². The van der Waals surface area contributed by atoms with Crippen LogP contribution in [0.1, 0.15) is 18.4 Å². The minimum Gasteiger partial charge on any atom is -0.361 e. The molecule has 0 unspecified atom stereocenters. The van der Waals surface area contributed by atoms with Crippen LogP contribution in [0.4, 0.5) is 0 Å². The Morgan fingerprint density at radius 1 is 1.24 bits per heavy atom. The van der Waals surface area contributed by atoms with Crippen molar-refractivity contribution in [1.29, 1.82) is 0 Å². The molecule has 3 heteroatoms. The molecule has 1 aliphatic heterocycles. The Labute approximate surface area is 100 Å². The molecule has 0 aliphatic carbocycles. The van der Waals surface area contributed by atoms with Crippen molar-refractivity contribution >= 4 is 16.8 Å². The average Bonchev–Trinajstić information content (AvgIpc) is 2.99. The summed E-state index contributed by atoms with van der Waals surface area (Å²) in [6, 6.07) is 8.22. The van der Waals surface area contributed by atoms with Crippen LogP contribution >= 0.6 is 0 Å². The van der Waals surface area contributed by atoms with Gasteiger partial charge in [-0.15, -0.1) is 0 Å². The van der Waals surface area contributed by atoms with Gasteiger partial charge in [-0.1, -0.05) is 6.07 Å². The third-order valence-electron chi connectivity index (χ3n) is 3.43. The molecule has 2 heterocycles. The van der Waals surface area contributed by atoms with Crippen molar-refractivity contribution in [2.75, 3.05) is 13.1 Å². The molecule has 0 saturated carbocycles. The van der Waals surface area contributed by atoms with Crippen molar-refractivity contribution in [3.05, 3.63) is 36.0 Å². The van der Waals surface area contributed by atoms with Gasteiger partial charge in [-0.3, -0.25) is 4.79 Å². The number of rotatable bonds is 2. The fraction of sp³-hybridized carbons (Fsp3) is 0.357. The lowest BCUT2D eigenvalue weighted by Gasteiger charge is -2.14. The van der Waals surface area contributed by atoms with Gasteiger partial charge in [0, 0.05) is 24.8 Å². The van der Waals surface area contributed by atoms with Crippen molar-refractivity contribution < 1.29 is 4.79 Å². The molecule has 2 aromatic rings. The average molecular weight is 228 g/mol. The molecule has 1 amide bonds. The van der Waals surface area contributed by atoms with E-state index in [0.717, 1.165) is 37.0 Å². The molecular formula is C14H16N2O. The highest BCUT2D eigenvalue weighted by Crippen LogP contribution is 2.16. The highest BCUT2D eigenvalue weighted by molar-refractivity contribution is 5.83. The number of hydrogen-bond acceptors (Lipinski definition) is 1. The Bertz CT molecular complexity index is 538. The fourth-order valence-electron chi connectivity index (χ4n) is 2.47. The maximum atomic E-state index is 12.0. The highest BCUT2D eigenvalue weighted by Gasteiger charge is 2.17. The number of hydrogen-bond donors (Lipinski definition) is 1. The molecule has 0 atom stereocenters. The number of aromatic amines is 1. The zero-order valence-electron chi connectivity index (χ0n) is 9.78. The number of H-pyrrole nitrogens is 1. The predicted molar refractivity (Wildman–Crippen MR) is 67.8 cm³/mol. The van der Waals surface area contributed by atoms with Crippen molar-refractivity contribution in [2.45, 2.75) is 19.3 Å². The molecule has 17 heavy (non-hydrogen) atoms. The van der Waals surface area contributed by atoms with E-state index >= 15 is 0 Å². The second-order valence-electron chi connectivity index (χ2n) is 4.66. The largest absolute Gasteiger partial charge is 0.361 e. The van der Waals surface area contributed by atoms with E-state index in [1.165, 1.54) is 5.39 Å². The molecular weight excluding hydrogens is 212 g/mol. The Balaban J connectivity index is 1.77. The molecule has 1 saturated heterocycles. The summed E-state index contributed by atoms with van der Waals surface area (Å²) >= 11 is 0. The van der Waals surface area contributed by atoms with E-state index in [1.807, 2.05) is 29.3 Å². The molecule has 0 radical (unpaired) electrons. The molecule has 1 aromatic heterocycles. The minimum atomic E-state index is 0.261. The quantitative estimate of drug-likeness (QED) is 0.841. The first-order valence-corrected chi connectivity index (χ1v) is 6.17. The summed E-state index contributed by atoms with van der Waals surface area (Å²) in [6.45, 7) is 1.87. The first-order valence-electron chi connectivity index (χ1n) is 6.17. The van der Waals surface area contributed by atoms with Crippen LogP contribution in [0.25, 0.3) is 10.9 Å². The number of amides is 1. The maximum absolute atomic E-state index is 12.0. The van der Waals surface area contributed by atoms with Crippen LogP contribution in [-0.4, -0.2) is 28.9 Å². The Hall–Kier alpha value is -1.77. The number of carbonyl (C=O) groups excluding carboxylic acids is 1. The molecule has 1 N–H and O–H groups in total. The molecule has 1 aromatic carbocycles. The highest BCUT2D eigenvalue weighted by atomic mass is 16.2. The summed E-state index contributed by atoms with van der Waals surface area (Å²) in [5.41, 5.74) is 2.23. The maximum Gasteiger partial charge on any atom is 0.226 e. The first-order chi connectivity index (χ1) is 8.33. The van der Waals surface area contributed by atoms with Gasteiger partial charge < -0.3 is 9.88 Å². The summed E-state index contributed by atoms with van der Waals surface area (Å²) < 4.78 is 0. The van der Waals surface area contributed by atoms with E-state index in [9.17, 15) is 4.79 Å². The number of benzene rings is 1. The Morgan fingerprint density at radius 3 is 2.88 bits per heavy atom. The second-order valence-corrected chi connectivity index (χ2v) is 4.66. The first kappa shape index (κ1) is 10.4. The molecule has 1 aliphatic rings. The third-order valence-corrected chi connectivity index (χ3v) is 3.43. The lowest BCUT2D eigenvalue weighted by Crippen LogP contribution is -2.28. The number of aromatic nitrogens is 1. The van der Waals surface area contributed by atoms with E-state index in [4.69, 9.17) is 0 Å². The van der Waals surface area contributed by atoms with Gasteiger partial charge in [0.05, 0.1) is 6.42 Å². The van der Waals surface area contributed by atoms with Gasteiger partial charge >= 0.3 is 0 Å². The molecule has 0 bridgehead atoms. The van der Waals surface area contributed by atoms with E-state index < -0.39 is 0 Å². The van der Waals surface area contributed by atoms with E-state index in [-0.39, 0.29) is 5.91 Å². The van der Waals surface area contributed by atoms with E-state index in [0.29, 0.717) is 6.42 Å². The van der Waals surface area contributed by atoms with E-state index in [1.54, 1.807) is 0 Å². The van der Waals surface area contributed by atoms with Gasteiger partial charge in [-0.25, -0.2) is 0 Å². The van der Waals surface area contributed by atoms with E-state index in [2.05, 4.69) is 11.1 Å². The SMILES string of the molecule is O=C(Cc1ccc2[nH]ccc2c1)N1CCCC1. The fourth-order valence-corrected chi connectivity index (χ4v) is 2.47. The van der Waals surface area contributed by atoms with Crippen LogP contribution in [0.15, 0.2) is 30.5 Å². The third kappa shape index (κ3) is 2.05. The summed E-state index contributed by atoms with van der Waals surface area (Å²) in [5, 5.41) is 1.18. The summed E-state index contributed by atoms with van der Waals surface area (Å²) in [4.78, 5) is 17.1. The smallest absolute Gasteiger partial charge is 0.226 e.